The van der Waals surface area contributed by atoms with Gasteiger partial charge in [0.1, 0.15) is 11.9 Å². The molecule has 2 amide bonds. The Morgan fingerprint density at radius 3 is 2.05 bits per heavy atom. The average molecular weight is 582 g/mol. The molecular weight excluding hydrogens is 540 g/mol. The highest BCUT2D eigenvalue weighted by Crippen LogP contribution is 2.37. The predicted octanol–water partition coefficient (Wildman–Crippen LogP) is 6.73. The Balaban J connectivity index is 1.52. The van der Waals surface area contributed by atoms with Crippen LogP contribution in [0.3, 0.4) is 0 Å². The summed E-state index contributed by atoms with van der Waals surface area (Å²) in [4.78, 5) is 29.7. The molecule has 4 atom stereocenters. The second kappa shape index (κ2) is 13.9. The van der Waals surface area contributed by atoms with E-state index in [-0.39, 0.29) is 17.6 Å². The van der Waals surface area contributed by atoms with Gasteiger partial charge >= 0.3 is 0 Å². The maximum Gasteiger partial charge on any atom is 0.254 e. The van der Waals surface area contributed by atoms with Crippen LogP contribution in [0.1, 0.15) is 86.6 Å². The van der Waals surface area contributed by atoms with E-state index in [1.807, 2.05) is 30.3 Å². The zero-order valence-corrected chi connectivity index (χ0v) is 23.8. The van der Waals surface area contributed by atoms with E-state index in [1.165, 1.54) is 57.8 Å². The number of nitrogens with two attached hydrogens (primary N) is 1. The minimum Gasteiger partial charge on any atom is -0.384 e. The molecule has 204 valence electrons. The van der Waals surface area contributed by atoms with Gasteiger partial charge in [-0.2, -0.15) is 0 Å². The van der Waals surface area contributed by atoms with Crippen LogP contribution in [0.4, 0.5) is 5.69 Å². The number of benzene rings is 2. The monoisotopic (exact) mass is 580 g/mol. The molecule has 2 aromatic rings. The summed E-state index contributed by atoms with van der Waals surface area (Å²) in [6.45, 7) is 0.603. The molecule has 1 aliphatic heterocycles. The molecule has 4 unspecified atom stereocenters. The van der Waals surface area contributed by atoms with Crippen molar-refractivity contribution in [3.05, 3.63) is 65.7 Å². The van der Waals surface area contributed by atoms with E-state index in [4.69, 9.17) is 11.1 Å². The number of nitrogen functional groups attached to an aromatic ring is 1. The average Bonchev–Trinajstić information content (AvgIpc) is 3.36. The molecule has 1 saturated heterocycles. The van der Waals surface area contributed by atoms with E-state index in [9.17, 15) is 9.59 Å². The van der Waals surface area contributed by atoms with E-state index in [0.29, 0.717) is 40.8 Å². The number of rotatable bonds is 5. The molecule has 2 aliphatic rings. The van der Waals surface area contributed by atoms with Gasteiger partial charge in [0.25, 0.3) is 5.91 Å². The lowest BCUT2D eigenvalue weighted by atomic mass is 9.82. The van der Waals surface area contributed by atoms with E-state index >= 15 is 0 Å². The van der Waals surface area contributed by atoms with Crippen LogP contribution in [0.15, 0.2) is 54.6 Å². The quantitative estimate of drug-likeness (QED) is 0.207. The Labute approximate surface area is 235 Å². The Kier molecular flexibility index (Phi) is 10.4. The van der Waals surface area contributed by atoms with E-state index in [0.717, 1.165) is 12.1 Å². The number of likely N-dealkylation sites (tertiary alicyclic amines) is 1. The lowest BCUT2D eigenvalue weighted by molar-refractivity contribution is -0.119. The number of nitrogens with one attached hydrogen (secondary N) is 2. The number of carbonyl (C=O) groups is 2. The predicted molar refractivity (Wildman–Crippen MR) is 158 cm³/mol. The molecule has 38 heavy (non-hydrogen) atoms. The molecule has 2 fully saturated rings. The molecule has 6 nitrogen and oxygen atoms in total. The van der Waals surface area contributed by atoms with E-state index in [2.05, 4.69) is 21.2 Å². The SMILES string of the molecule is N=C(N)c1ccc(C(=O)N2CC(C3CCCCCCC(Br)CCCC3)CC2C(=O)Nc2ccccc2)cc1. The molecule has 1 heterocycles. The van der Waals surface area contributed by atoms with Crippen molar-refractivity contribution in [3.8, 4) is 0 Å². The number of amides is 2. The first-order chi connectivity index (χ1) is 18.4. The third-order valence-corrected chi connectivity index (χ3v) is 9.15. The number of halogens is 1. The van der Waals surface area contributed by atoms with Gasteiger partial charge in [-0.25, -0.2) is 0 Å². The molecule has 0 radical (unpaired) electrons. The lowest BCUT2D eigenvalue weighted by Crippen LogP contribution is -2.43. The van der Waals surface area contributed by atoms with Gasteiger partial charge in [0.15, 0.2) is 0 Å². The Morgan fingerprint density at radius 1 is 0.816 bits per heavy atom. The highest BCUT2D eigenvalue weighted by atomic mass is 79.9. The maximum atomic E-state index is 13.7. The van der Waals surface area contributed by atoms with Crippen molar-refractivity contribution < 1.29 is 9.59 Å². The molecule has 0 aromatic heterocycles. The summed E-state index contributed by atoms with van der Waals surface area (Å²) in [6.07, 6.45) is 13.0. The highest BCUT2D eigenvalue weighted by molar-refractivity contribution is 9.09. The number of para-hydroxylation sites is 1. The second-order valence-electron chi connectivity index (χ2n) is 10.9. The smallest absolute Gasteiger partial charge is 0.254 e. The number of anilines is 1. The van der Waals surface area contributed by atoms with Gasteiger partial charge in [0, 0.05) is 28.2 Å². The maximum absolute atomic E-state index is 13.7. The number of carbonyl (C=O) groups excluding carboxylic acids is 2. The summed E-state index contributed by atoms with van der Waals surface area (Å²) in [7, 11) is 0. The molecule has 0 spiro atoms. The summed E-state index contributed by atoms with van der Waals surface area (Å²) in [6, 6.07) is 15.8. The van der Waals surface area contributed by atoms with Crippen LogP contribution < -0.4 is 11.1 Å². The molecule has 4 rings (SSSR count). The largest absolute Gasteiger partial charge is 0.384 e. The fourth-order valence-electron chi connectivity index (χ4n) is 6.05. The van der Waals surface area contributed by atoms with Crippen molar-refractivity contribution >= 4 is 39.3 Å². The first-order valence-corrected chi connectivity index (χ1v) is 15.1. The number of alkyl halides is 1. The van der Waals surface area contributed by atoms with E-state index < -0.39 is 6.04 Å². The van der Waals surface area contributed by atoms with Gasteiger partial charge in [-0.1, -0.05) is 97.6 Å². The molecular formula is C31H41BrN4O2. The van der Waals surface area contributed by atoms with Crippen LogP contribution in [0, 0.1) is 17.2 Å². The minimum absolute atomic E-state index is 0.0286. The lowest BCUT2D eigenvalue weighted by Gasteiger charge is -2.25. The third kappa shape index (κ3) is 7.68. The Morgan fingerprint density at radius 2 is 1.39 bits per heavy atom. The first-order valence-electron chi connectivity index (χ1n) is 14.2. The van der Waals surface area contributed by atoms with Crippen molar-refractivity contribution in [1.29, 1.82) is 5.41 Å². The Hall–Kier alpha value is -2.67. The number of amidine groups is 1. The van der Waals surface area contributed by atoms with Crippen molar-refractivity contribution in [2.45, 2.75) is 81.5 Å². The summed E-state index contributed by atoms with van der Waals surface area (Å²) >= 11 is 3.86. The summed E-state index contributed by atoms with van der Waals surface area (Å²) in [5.41, 5.74) is 7.45. The molecule has 4 N–H and O–H groups in total. The summed E-state index contributed by atoms with van der Waals surface area (Å²) in [5, 5.41) is 10.7. The first kappa shape index (κ1) is 28.3. The van der Waals surface area contributed by atoms with Crippen LogP contribution >= 0.6 is 15.9 Å². The highest BCUT2D eigenvalue weighted by Gasteiger charge is 2.42. The summed E-state index contributed by atoms with van der Waals surface area (Å²) < 4.78 is 0. The topological polar surface area (TPSA) is 99.3 Å². The fraction of sp³-hybridized carbons (Fsp3) is 0.516. The van der Waals surface area contributed by atoms with Gasteiger partial charge in [0.05, 0.1) is 0 Å². The van der Waals surface area contributed by atoms with E-state index in [1.54, 1.807) is 29.2 Å². The molecule has 0 bridgehead atoms. The van der Waals surface area contributed by atoms with Gasteiger partial charge in [0.2, 0.25) is 5.91 Å². The minimum atomic E-state index is -0.506. The van der Waals surface area contributed by atoms with Gasteiger partial charge in [-0.3, -0.25) is 15.0 Å². The molecule has 1 saturated carbocycles. The molecule has 7 heteroatoms. The third-order valence-electron chi connectivity index (χ3n) is 8.23. The molecule has 2 aromatic carbocycles. The van der Waals surface area contributed by atoms with Gasteiger partial charge in [-0.05, 0) is 55.4 Å². The fourth-order valence-corrected chi connectivity index (χ4v) is 6.69. The van der Waals surface area contributed by atoms with Crippen molar-refractivity contribution in [2.75, 3.05) is 11.9 Å². The van der Waals surface area contributed by atoms with Crippen molar-refractivity contribution in [2.24, 2.45) is 17.6 Å². The number of hydrogen-bond donors (Lipinski definition) is 3. The van der Waals surface area contributed by atoms with Gasteiger partial charge < -0.3 is 16.0 Å². The number of nitrogens with zero attached hydrogens (tertiary/aromatic N) is 1. The van der Waals surface area contributed by atoms with Crippen LogP contribution in [0.2, 0.25) is 0 Å². The van der Waals surface area contributed by atoms with Crippen molar-refractivity contribution in [3.63, 3.8) is 0 Å². The number of hydrogen-bond acceptors (Lipinski definition) is 3. The van der Waals surface area contributed by atoms with Crippen LogP contribution in [0.25, 0.3) is 0 Å². The van der Waals surface area contributed by atoms with Crippen LogP contribution in [-0.4, -0.2) is 40.0 Å². The summed E-state index contributed by atoms with van der Waals surface area (Å²) in [5.74, 6) is 0.547. The zero-order valence-electron chi connectivity index (χ0n) is 22.2. The van der Waals surface area contributed by atoms with Gasteiger partial charge in [-0.15, -0.1) is 0 Å². The van der Waals surface area contributed by atoms with Crippen molar-refractivity contribution in [1.82, 2.24) is 4.90 Å². The zero-order chi connectivity index (χ0) is 26.9. The van der Waals surface area contributed by atoms with Crippen LogP contribution in [0.5, 0.6) is 0 Å². The Bertz CT molecular complexity index is 1080. The normalized spacial score (nSPS) is 25.1. The van der Waals surface area contributed by atoms with Crippen LogP contribution in [-0.2, 0) is 4.79 Å². The molecule has 1 aliphatic carbocycles. The standard InChI is InChI=1S/C31H41BrN4O2/c32-26-12-5-2-1-4-10-22(11-8-9-13-26)25-20-28(30(37)35-27-14-6-3-7-15-27)36(21-25)31(38)24-18-16-23(17-19-24)29(33)34/h3,6-7,14-19,22,25-26,28H,1-2,4-5,8-13,20-21H2,(H3,33,34)(H,35,37). The second-order valence-corrected chi connectivity index (χ2v) is 12.2.